The van der Waals surface area contributed by atoms with E-state index in [4.69, 9.17) is 10.5 Å². The third-order valence-corrected chi connectivity index (χ3v) is 4.09. The Labute approximate surface area is 103 Å². The van der Waals surface area contributed by atoms with E-state index in [1.54, 1.807) is 0 Å². The average molecular weight is 240 g/mol. The zero-order valence-electron chi connectivity index (χ0n) is 10.8. The number of ether oxygens (including phenoxy) is 1. The lowest BCUT2D eigenvalue weighted by Crippen LogP contribution is -2.52. The Morgan fingerprint density at radius 3 is 2.41 bits per heavy atom. The molecule has 17 heavy (non-hydrogen) atoms. The van der Waals surface area contributed by atoms with Crippen LogP contribution in [0.2, 0.25) is 0 Å². The second kappa shape index (κ2) is 5.36. The number of carbonyl (C=O) groups is 1. The molecule has 0 aromatic carbocycles. The lowest BCUT2D eigenvalue weighted by molar-refractivity contribution is -0.159. The molecule has 1 saturated heterocycles. The van der Waals surface area contributed by atoms with Crippen LogP contribution in [0.5, 0.6) is 0 Å². The van der Waals surface area contributed by atoms with Crippen molar-refractivity contribution in [1.82, 2.24) is 4.90 Å². The molecule has 1 aliphatic heterocycles. The summed E-state index contributed by atoms with van der Waals surface area (Å²) in [7, 11) is 2.10. The molecule has 2 N–H and O–H groups in total. The molecule has 4 heteroatoms. The molecule has 0 aromatic rings. The molecule has 0 radical (unpaired) electrons. The van der Waals surface area contributed by atoms with Gasteiger partial charge in [-0.2, -0.15) is 0 Å². The van der Waals surface area contributed by atoms with Crippen molar-refractivity contribution in [2.24, 2.45) is 5.73 Å². The molecule has 0 bridgehead atoms. The fourth-order valence-corrected chi connectivity index (χ4v) is 2.76. The van der Waals surface area contributed by atoms with Gasteiger partial charge in [0.1, 0.15) is 11.6 Å². The summed E-state index contributed by atoms with van der Waals surface area (Å²) in [5.74, 6) is -0.160. The maximum absolute atomic E-state index is 12.1. The predicted octanol–water partition coefficient (Wildman–Crippen LogP) is 1.29. The topological polar surface area (TPSA) is 55.6 Å². The monoisotopic (exact) mass is 240 g/mol. The molecule has 0 aromatic heterocycles. The van der Waals surface area contributed by atoms with Crippen molar-refractivity contribution in [2.75, 3.05) is 20.1 Å². The van der Waals surface area contributed by atoms with Gasteiger partial charge in [-0.1, -0.05) is 19.3 Å². The van der Waals surface area contributed by atoms with Crippen LogP contribution in [0.3, 0.4) is 0 Å². The van der Waals surface area contributed by atoms with Crippen LogP contribution in [0.15, 0.2) is 0 Å². The molecule has 2 aliphatic rings. The third kappa shape index (κ3) is 3.19. The Bertz CT molecular complexity index is 267. The molecule has 1 heterocycles. The summed E-state index contributed by atoms with van der Waals surface area (Å²) >= 11 is 0. The van der Waals surface area contributed by atoms with Gasteiger partial charge in [0.15, 0.2) is 0 Å². The fourth-order valence-electron chi connectivity index (χ4n) is 2.76. The summed E-state index contributed by atoms with van der Waals surface area (Å²) in [5.41, 5.74) is 5.47. The van der Waals surface area contributed by atoms with Gasteiger partial charge < -0.3 is 15.4 Å². The Balaban J connectivity index is 1.83. The van der Waals surface area contributed by atoms with Crippen LogP contribution in [0, 0.1) is 0 Å². The molecule has 1 aliphatic carbocycles. The second-order valence-electron chi connectivity index (χ2n) is 5.62. The lowest BCUT2D eigenvalue weighted by Gasteiger charge is -2.34. The zero-order valence-corrected chi connectivity index (χ0v) is 10.8. The highest BCUT2D eigenvalue weighted by molar-refractivity contribution is 5.80. The van der Waals surface area contributed by atoms with E-state index in [9.17, 15) is 4.79 Å². The van der Waals surface area contributed by atoms with Crippen LogP contribution in [-0.2, 0) is 9.53 Å². The number of esters is 1. The van der Waals surface area contributed by atoms with Crippen LogP contribution in [-0.4, -0.2) is 42.6 Å². The lowest BCUT2D eigenvalue weighted by atomic mass is 9.82. The summed E-state index contributed by atoms with van der Waals surface area (Å²) in [6.07, 6.45) is 6.85. The van der Waals surface area contributed by atoms with E-state index in [1.165, 1.54) is 6.42 Å². The molecular weight excluding hydrogens is 216 g/mol. The molecule has 2 rings (SSSR count). The Kier molecular flexibility index (Phi) is 4.05. The van der Waals surface area contributed by atoms with Gasteiger partial charge in [-0.25, -0.2) is 0 Å². The quantitative estimate of drug-likeness (QED) is 0.739. The number of piperidine rings is 1. The predicted molar refractivity (Wildman–Crippen MR) is 66.6 cm³/mol. The van der Waals surface area contributed by atoms with Crippen molar-refractivity contribution in [1.29, 1.82) is 0 Å². The summed E-state index contributed by atoms with van der Waals surface area (Å²) in [6.45, 7) is 2.02. The summed E-state index contributed by atoms with van der Waals surface area (Å²) in [5, 5.41) is 0. The minimum absolute atomic E-state index is 0.0843. The van der Waals surface area contributed by atoms with Crippen molar-refractivity contribution in [3.63, 3.8) is 0 Å². The van der Waals surface area contributed by atoms with Crippen molar-refractivity contribution in [3.8, 4) is 0 Å². The number of hydrogen-bond acceptors (Lipinski definition) is 4. The zero-order chi connectivity index (χ0) is 12.3. The van der Waals surface area contributed by atoms with Gasteiger partial charge in [0.2, 0.25) is 0 Å². The maximum atomic E-state index is 12.1. The number of nitrogens with zero attached hydrogens (tertiary/aromatic N) is 1. The van der Waals surface area contributed by atoms with Crippen LogP contribution >= 0.6 is 0 Å². The van der Waals surface area contributed by atoms with E-state index in [1.807, 2.05) is 0 Å². The first-order chi connectivity index (χ1) is 8.10. The van der Waals surface area contributed by atoms with Crippen LogP contribution < -0.4 is 5.73 Å². The van der Waals surface area contributed by atoms with Gasteiger partial charge in [-0.05, 0) is 32.7 Å². The van der Waals surface area contributed by atoms with Crippen LogP contribution in [0.4, 0.5) is 0 Å². The molecule has 0 amide bonds. The van der Waals surface area contributed by atoms with Gasteiger partial charge in [0, 0.05) is 13.1 Å². The van der Waals surface area contributed by atoms with E-state index in [-0.39, 0.29) is 12.1 Å². The van der Waals surface area contributed by atoms with E-state index in [2.05, 4.69) is 11.9 Å². The molecule has 1 saturated carbocycles. The highest BCUT2D eigenvalue weighted by Gasteiger charge is 2.38. The number of nitrogens with two attached hydrogens (primary N) is 1. The third-order valence-electron chi connectivity index (χ3n) is 4.09. The minimum Gasteiger partial charge on any atom is -0.461 e. The molecule has 98 valence electrons. The number of hydrogen-bond donors (Lipinski definition) is 1. The van der Waals surface area contributed by atoms with Crippen molar-refractivity contribution in [3.05, 3.63) is 0 Å². The fraction of sp³-hybridized carbons (Fsp3) is 0.923. The highest BCUT2D eigenvalue weighted by atomic mass is 16.5. The van der Waals surface area contributed by atoms with Gasteiger partial charge in [0.25, 0.3) is 0 Å². The molecule has 0 unspecified atom stereocenters. The van der Waals surface area contributed by atoms with Gasteiger partial charge in [-0.15, -0.1) is 0 Å². The molecule has 0 atom stereocenters. The molecule has 2 fully saturated rings. The van der Waals surface area contributed by atoms with Crippen molar-refractivity contribution >= 4 is 5.97 Å². The Morgan fingerprint density at radius 1 is 1.24 bits per heavy atom. The number of carbonyl (C=O) groups excluding carboxylic acids is 1. The summed E-state index contributed by atoms with van der Waals surface area (Å²) in [6, 6.07) is 0. The maximum Gasteiger partial charge on any atom is 0.326 e. The second-order valence-corrected chi connectivity index (χ2v) is 5.62. The minimum atomic E-state index is -0.693. The highest BCUT2D eigenvalue weighted by Crippen LogP contribution is 2.28. The summed E-state index contributed by atoms with van der Waals surface area (Å²) < 4.78 is 5.59. The Morgan fingerprint density at radius 2 is 1.82 bits per heavy atom. The normalized spacial score (nSPS) is 26.7. The first-order valence-electron chi connectivity index (χ1n) is 6.79. The van der Waals surface area contributed by atoms with E-state index >= 15 is 0 Å². The first kappa shape index (κ1) is 12.8. The Hall–Kier alpha value is -0.610. The van der Waals surface area contributed by atoms with Gasteiger partial charge >= 0.3 is 5.97 Å². The smallest absolute Gasteiger partial charge is 0.326 e. The van der Waals surface area contributed by atoms with Gasteiger partial charge in [-0.3, -0.25) is 4.79 Å². The molecule has 0 spiro atoms. The standard InChI is InChI=1S/C13H24N2O2/c1-15-9-5-11(6-10-15)17-12(16)13(14)7-3-2-4-8-13/h11H,2-10,14H2,1H3. The molecule has 4 nitrogen and oxygen atoms in total. The van der Waals surface area contributed by atoms with Crippen LogP contribution in [0.1, 0.15) is 44.9 Å². The van der Waals surface area contributed by atoms with E-state index in [0.29, 0.717) is 0 Å². The van der Waals surface area contributed by atoms with Crippen molar-refractivity contribution in [2.45, 2.75) is 56.6 Å². The summed E-state index contributed by atoms with van der Waals surface area (Å²) in [4.78, 5) is 14.4. The molecular formula is C13H24N2O2. The SMILES string of the molecule is CN1CCC(OC(=O)C2(N)CCCCC2)CC1. The average Bonchev–Trinajstić information content (AvgIpc) is 2.33. The largest absolute Gasteiger partial charge is 0.461 e. The van der Waals surface area contributed by atoms with E-state index < -0.39 is 5.54 Å². The van der Waals surface area contributed by atoms with Gasteiger partial charge in [0.05, 0.1) is 0 Å². The van der Waals surface area contributed by atoms with E-state index in [0.717, 1.165) is 51.6 Å². The number of rotatable bonds is 2. The van der Waals surface area contributed by atoms with Crippen molar-refractivity contribution < 1.29 is 9.53 Å². The number of likely N-dealkylation sites (tertiary alicyclic amines) is 1. The first-order valence-corrected chi connectivity index (χ1v) is 6.79. The van der Waals surface area contributed by atoms with Crippen LogP contribution in [0.25, 0.3) is 0 Å².